The summed E-state index contributed by atoms with van der Waals surface area (Å²) in [7, 11) is -3.68. The Bertz CT molecular complexity index is 1200. The van der Waals surface area contributed by atoms with E-state index in [1.165, 1.54) is 16.8 Å². The lowest BCUT2D eigenvalue weighted by Crippen LogP contribution is -2.47. The Morgan fingerprint density at radius 1 is 0.710 bits per heavy atom. The molecule has 0 unspecified atom stereocenters. The maximum Gasteiger partial charge on any atom is 0.225 e. The SMILES string of the molecule is Cc1ccc(N2CCN(c3ccc(S(=O)(=O)c4ccc(C)c(C)c4)nn3)CC2)c(C)c1. The van der Waals surface area contributed by atoms with Gasteiger partial charge in [-0.3, -0.25) is 0 Å². The van der Waals surface area contributed by atoms with Crippen LogP contribution < -0.4 is 9.80 Å². The van der Waals surface area contributed by atoms with Crippen molar-refractivity contribution >= 4 is 21.3 Å². The molecule has 2 heterocycles. The molecule has 1 fully saturated rings. The van der Waals surface area contributed by atoms with Gasteiger partial charge in [-0.2, -0.15) is 0 Å². The molecule has 6 nitrogen and oxygen atoms in total. The lowest BCUT2D eigenvalue weighted by Gasteiger charge is -2.37. The highest BCUT2D eigenvalue weighted by Gasteiger charge is 2.23. The van der Waals surface area contributed by atoms with Gasteiger partial charge in [0.25, 0.3) is 0 Å². The molecule has 0 bridgehead atoms. The maximum absolute atomic E-state index is 12.9. The Hall–Kier alpha value is -2.93. The van der Waals surface area contributed by atoms with Crippen LogP contribution in [0.4, 0.5) is 11.5 Å². The van der Waals surface area contributed by atoms with Gasteiger partial charge >= 0.3 is 0 Å². The minimum atomic E-state index is -3.68. The van der Waals surface area contributed by atoms with Gasteiger partial charge in [-0.15, -0.1) is 10.2 Å². The Balaban J connectivity index is 1.47. The largest absolute Gasteiger partial charge is 0.368 e. The fraction of sp³-hybridized carbons (Fsp3) is 0.333. The summed E-state index contributed by atoms with van der Waals surface area (Å²) in [6, 6.07) is 15.0. The molecular weight excluding hydrogens is 408 g/mol. The van der Waals surface area contributed by atoms with Gasteiger partial charge in [0, 0.05) is 31.9 Å². The van der Waals surface area contributed by atoms with Crippen molar-refractivity contribution in [1.29, 1.82) is 0 Å². The number of sulfone groups is 1. The lowest BCUT2D eigenvalue weighted by atomic mass is 10.1. The van der Waals surface area contributed by atoms with Gasteiger partial charge in [0.15, 0.2) is 10.8 Å². The van der Waals surface area contributed by atoms with Gasteiger partial charge in [0.2, 0.25) is 9.84 Å². The first-order valence-electron chi connectivity index (χ1n) is 10.5. The van der Waals surface area contributed by atoms with Crippen LogP contribution in [0.5, 0.6) is 0 Å². The summed E-state index contributed by atoms with van der Waals surface area (Å²) in [6.07, 6.45) is 0. The van der Waals surface area contributed by atoms with E-state index >= 15 is 0 Å². The van der Waals surface area contributed by atoms with E-state index in [0.717, 1.165) is 37.3 Å². The van der Waals surface area contributed by atoms with Crippen molar-refractivity contribution in [3.05, 3.63) is 70.8 Å². The molecule has 0 saturated carbocycles. The van der Waals surface area contributed by atoms with E-state index in [2.05, 4.69) is 52.0 Å². The van der Waals surface area contributed by atoms with Crippen molar-refractivity contribution in [3.8, 4) is 0 Å². The molecule has 162 valence electrons. The molecule has 1 aliphatic rings. The first-order valence-corrected chi connectivity index (χ1v) is 12.0. The van der Waals surface area contributed by atoms with Crippen LogP contribution in [0.25, 0.3) is 0 Å². The zero-order valence-corrected chi connectivity index (χ0v) is 19.3. The number of benzene rings is 2. The summed E-state index contributed by atoms with van der Waals surface area (Å²) in [5, 5.41) is 8.28. The number of anilines is 2. The standard InChI is InChI=1S/C24H28N4O2S/c1-17-5-8-22(20(4)15-17)27-11-13-28(14-12-27)23-9-10-24(26-25-23)31(29,30)21-7-6-18(2)19(3)16-21/h5-10,15-16H,11-14H2,1-4H3. The highest BCUT2D eigenvalue weighted by molar-refractivity contribution is 7.91. The van der Waals surface area contributed by atoms with E-state index in [1.807, 2.05) is 19.9 Å². The molecule has 2 aromatic carbocycles. The molecule has 3 aromatic rings. The van der Waals surface area contributed by atoms with Crippen LogP contribution in [0.3, 0.4) is 0 Å². The number of rotatable bonds is 4. The molecule has 1 saturated heterocycles. The summed E-state index contributed by atoms with van der Waals surface area (Å²) >= 11 is 0. The van der Waals surface area contributed by atoms with Gasteiger partial charge in [-0.05, 0) is 74.7 Å². The van der Waals surface area contributed by atoms with Crippen molar-refractivity contribution in [1.82, 2.24) is 10.2 Å². The molecule has 0 aliphatic carbocycles. The summed E-state index contributed by atoms with van der Waals surface area (Å²) < 4.78 is 25.8. The molecule has 0 amide bonds. The molecule has 1 aliphatic heterocycles. The van der Waals surface area contributed by atoms with Crippen molar-refractivity contribution in [2.75, 3.05) is 36.0 Å². The van der Waals surface area contributed by atoms with Gasteiger partial charge in [-0.25, -0.2) is 8.42 Å². The van der Waals surface area contributed by atoms with E-state index < -0.39 is 9.84 Å². The lowest BCUT2D eigenvalue weighted by molar-refractivity contribution is 0.589. The molecule has 7 heteroatoms. The minimum absolute atomic E-state index is 0.0200. The Morgan fingerprint density at radius 2 is 1.42 bits per heavy atom. The zero-order valence-electron chi connectivity index (χ0n) is 18.5. The highest BCUT2D eigenvalue weighted by atomic mass is 32.2. The zero-order chi connectivity index (χ0) is 22.2. The molecule has 0 N–H and O–H groups in total. The fourth-order valence-electron chi connectivity index (χ4n) is 3.96. The number of piperazine rings is 1. The molecule has 0 atom stereocenters. The maximum atomic E-state index is 12.9. The average Bonchev–Trinajstić information content (AvgIpc) is 2.76. The first-order chi connectivity index (χ1) is 14.8. The molecular formula is C24H28N4O2S. The third-order valence-electron chi connectivity index (χ3n) is 5.99. The summed E-state index contributed by atoms with van der Waals surface area (Å²) in [6.45, 7) is 11.5. The second kappa shape index (κ2) is 8.30. The first kappa shape index (κ1) is 21.3. The van der Waals surface area contributed by atoms with Crippen LogP contribution in [-0.4, -0.2) is 44.8 Å². The van der Waals surface area contributed by atoms with Crippen molar-refractivity contribution in [2.24, 2.45) is 0 Å². The normalized spacial score (nSPS) is 14.7. The van der Waals surface area contributed by atoms with E-state index in [4.69, 9.17) is 0 Å². The van der Waals surface area contributed by atoms with Crippen molar-refractivity contribution < 1.29 is 8.42 Å². The fourth-order valence-corrected chi connectivity index (χ4v) is 5.18. The predicted molar refractivity (Wildman–Crippen MR) is 124 cm³/mol. The monoisotopic (exact) mass is 436 g/mol. The average molecular weight is 437 g/mol. The second-order valence-electron chi connectivity index (χ2n) is 8.24. The van der Waals surface area contributed by atoms with Crippen LogP contribution in [0.1, 0.15) is 22.3 Å². The predicted octanol–water partition coefficient (Wildman–Crippen LogP) is 3.87. The number of hydrogen-bond acceptors (Lipinski definition) is 6. The van der Waals surface area contributed by atoms with Gasteiger partial charge in [0.05, 0.1) is 4.90 Å². The second-order valence-corrected chi connectivity index (χ2v) is 10.1. The van der Waals surface area contributed by atoms with Crippen LogP contribution in [0, 0.1) is 27.7 Å². The number of aromatic nitrogens is 2. The highest BCUT2D eigenvalue weighted by Crippen LogP contribution is 2.25. The van der Waals surface area contributed by atoms with Crippen LogP contribution in [0.2, 0.25) is 0 Å². The van der Waals surface area contributed by atoms with Crippen LogP contribution in [0.15, 0.2) is 58.5 Å². The van der Waals surface area contributed by atoms with Gasteiger partial charge in [-0.1, -0.05) is 23.8 Å². The van der Waals surface area contributed by atoms with Crippen LogP contribution in [-0.2, 0) is 9.84 Å². The number of aryl methyl sites for hydroxylation is 4. The molecule has 1 aromatic heterocycles. The van der Waals surface area contributed by atoms with Crippen molar-refractivity contribution in [3.63, 3.8) is 0 Å². The van der Waals surface area contributed by atoms with Crippen LogP contribution >= 0.6 is 0 Å². The molecule has 4 rings (SSSR count). The van der Waals surface area contributed by atoms with Gasteiger partial charge < -0.3 is 9.80 Å². The molecule has 0 radical (unpaired) electrons. The molecule has 0 spiro atoms. The van der Waals surface area contributed by atoms with E-state index in [1.54, 1.807) is 24.3 Å². The Kier molecular flexibility index (Phi) is 5.71. The minimum Gasteiger partial charge on any atom is -0.368 e. The third-order valence-corrected chi connectivity index (χ3v) is 7.63. The summed E-state index contributed by atoms with van der Waals surface area (Å²) in [4.78, 5) is 4.79. The van der Waals surface area contributed by atoms with E-state index in [-0.39, 0.29) is 9.92 Å². The third kappa shape index (κ3) is 4.28. The number of hydrogen-bond donors (Lipinski definition) is 0. The topological polar surface area (TPSA) is 66.4 Å². The quantitative estimate of drug-likeness (QED) is 0.619. The number of nitrogens with zero attached hydrogens (tertiary/aromatic N) is 4. The summed E-state index contributed by atoms with van der Waals surface area (Å²) in [5.41, 5.74) is 5.82. The smallest absolute Gasteiger partial charge is 0.225 e. The van der Waals surface area contributed by atoms with E-state index in [0.29, 0.717) is 5.82 Å². The summed E-state index contributed by atoms with van der Waals surface area (Å²) in [5.74, 6) is 0.708. The van der Waals surface area contributed by atoms with Gasteiger partial charge in [0.1, 0.15) is 0 Å². The van der Waals surface area contributed by atoms with Crippen molar-refractivity contribution in [2.45, 2.75) is 37.6 Å². The Morgan fingerprint density at radius 3 is 2.03 bits per heavy atom. The molecule has 31 heavy (non-hydrogen) atoms. The van der Waals surface area contributed by atoms with E-state index in [9.17, 15) is 8.42 Å². The Labute approximate surface area is 184 Å².